The van der Waals surface area contributed by atoms with E-state index in [2.05, 4.69) is 10.2 Å². The van der Waals surface area contributed by atoms with E-state index in [4.69, 9.17) is 14.5 Å². The zero-order valence-electron chi connectivity index (χ0n) is 26.2. The molecule has 11 heteroatoms. The molecule has 1 saturated heterocycles. The molecule has 9 nitrogen and oxygen atoms in total. The third-order valence-corrected chi connectivity index (χ3v) is 9.71. The van der Waals surface area contributed by atoms with Gasteiger partial charge in [0, 0.05) is 42.7 Å². The van der Waals surface area contributed by atoms with Crippen LogP contribution >= 0.6 is 11.3 Å². The molecule has 0 radical (unpaired) electrons. The van der Waals surface area contributed by atoms with E-state index in [9.17, 15) is 19.1 Å². The molecule has 244 valence electrons. The Morgan fingerprint density at radius 1 is 1.00 bits per heavy atom. The first-order chi connectivity index (χ1) is 23.4. The molecule has 4 heterocycles. The third kappa shape index (κ3) is 6.27. The molecule has 1 amide bonds. The van der Waals surface area contributed by atoms with Crippen LogP contribution in [0.15, 0.2) is 84.9 Å². The highest BCUT2D eigenvalue weighted by Crippen LogP contribution is 2.45. The van der Waals surface area contributed by atoms with Gasteiger partial charge < -0.3 is 24.5 Å². The highest BCUT2D eigenvalue weighted by atomic mass is 32.1. The number of aromatic nitrogens is 2. The van der Waals surface area contributed by atoms with E-state index in [1.807, 2.05) is 59.2 Å². The first-order valence-corrected chi connectivity index (χ1v) is 16.5. The molecule has 6 aromatic rings. The number of thiophene rings is 1. The molecule has 0 saturated carbocycles. The van der Waals surface area contributed by atoms with Gasteiger partial charge >= 0.3 is 5.97 Å². The van der Waals surface area contributed by atoms with Crippen LogP contribution in [0.5, 0.6) is 5.75 Å². The lowest BCUT2D eigenvalue weighted by Crippen LogP contribution is -2.41. The van der Waals surface area contributed by atoms with Gasteiger partial charge in [0.2, 0.25) is 5.91 Å². The second kappa shape index (κ2) is 13.6. The summed E-state index contributed by atoms with van der Waals surface area (Å²) in [6, 6.07) is 25.5. The zero-order valence-corrected chi connectivity index (χ0v) is 27.1. The van der Waals surface area contributed by atoms with Gasteiger partial charge in [0.05, 0.1) is 47.4 Å². The van der Waals surface area contributed by atoms with Crippen LogP contribution in [0.3, 0.4) is 0 Å². The van der Waals surface area contributed by atoms with Crippen molar-refractivity contribution in [2.24, 2.45) is 0 Å². The summed E-state index contributed by atoms with van der Waals surface area (Å²) in [4.78, 5) is 32.8. The predicted octanol–water partition coefficient (Wildman–Crippen LogP) is 6.55. The Morgan fingerprint density at radius 2 is 1.81 bits per heavy atom. The Labute approximate surface area is 280 Å². The Balaban J connectivity index is 1.31. The number of halogens is 1. The van der Waals surface area contributed by atoms with Gasteiger partial charge in [-0.1, -0.05) is 42.5 Å². The number of aromatic carboxylic acids is 1. The van der Waals surface area contributed by atoms with E-state index in [1.54, 1.807) is 24.3 Å². The number of methoxy groups -OCH3 is 1. The van der Waals surface area contributed by atoms with Crippen LogP contribution in [0.1, 0.15) is 9.67 Å². The number of carboxylic acids is 1. The summed E-state index contributed by atoms with van der Waals surface area (Å²) in [6.45, 7) is 4.25. The van der Waals surface area contributed by atoms with Gasteiger partial charge in [0.1, 0.15) is 23.0 Å². The van der Waals surface area contributed by atoms with Crippen molar-refractivity contribution in [1.29, 1.82) is 0 Å². The number of hydrogen-bond donors (Lipinski definition) is 2. The Morgan fingerprint density at radius 3 is 2.58 bits per heavy atom. The van der Waals surface area contributed by atoms with Crippen LogP contribution in [0.25, 0.3) is 54.8 Å². The molecule has 1 aliphatic rings. The van der Waals surface area contributed by atoms with Crippen molar-refractivity contribution in [2.45, 2.75) is 6.54 Å². The number of rotatable bonds is 10. The van der Waals surface area contributed by atoms with Gasteiger partial charge in [-0.05, 0) is 53.6 Å². The Kier molecular flexibility index (Phi) is 8.90. The van der Waals surface area contributed by atoms with E-state index in [-0.39, 0.29) is 17.3 Å². The molecule has 1 aliphatic heterocycles. The van der Waals surface area contributed by atoms with Gasteiger partial charge in [0.25, 0.3) is 0 Å². The fraction of sp³-hybridized carbons (Fsp3) is 0.216. The second-order valence-electron chi connectivity index (χ2n) is 11.6. The highest BCUT2D eigenvalue weighted by molar-refractivity contribution is 7.21. The van der Waals surface area contributed by atoms with Crippen LogP contribution in [-0.2, 0) is 16.1 Å². The van der Waals surface area contributed by atoms with Crippen molar-refractivity contribution >= 4 is 44.3 Å². The van der Waals surface area contributed by atoms with Gasteiger partial charge in [-0.2, -0.15) is 0 Å². The van der Waals surface area contributed by atoms with Crippen LogP contribution < -0.4 is 10.1 Å². The number of carbonyl (C=O) groups is 2. The highest BCUT2D eigenvalue weighted by Gasteiger charge is 2.25. The predicted molar refractivity (Wildman–Crippen MR) is 185 cm³/mol. The van der Waals surface area contributed by atoms with Crippen molar-refractivity contribution in [2.75, 3.05) is 46.5 Å². The van der Waals surface area contributed by atoms with Crippen LogP contribution in [0.4, 0.5) is 4.39 Å². The molecule has 7 rings (SSSR count). The molecule has 2 N–H and O–H groups in total. The maximum atomic E-state index is 14.8. The number of nitrogens with zero attached hydrogens (tertiary/aromatic N) is 3. The molecular weight excluding hydrogens is 631 g/mol. The van der Waals surface area contributed by atoms with E-state index in [1.165, 1.54) is 24.5 Å². The first-order valence-electron chi connectivity index (χ1n) is 15.7. The van der Waals surface area contributed by atoms with E-state index in [0.29, 0.717) is 47.8 Å². The number of carbonyl (C=O) groups excluding carboxylic acids is 1. The Hall–Kier alpha value is -5.10. The minimum atomic E-state index is -1.02. The minimum Gasteiger partial charge on any atom is -0.497 e. The zero-order chi connectivity index (χ0) is 33.2. The normalized spacial score (nSPS) is 13.6. The van der Waals surface area contributed by atoms with Gasteiger partial charge in [-0.3, -0.25) is 9.69 Å². The largest absolute Gasteiger partial charge is 0.497 e. The fourth-order valence-electron chi connectivity index (χ4n) is 6.19. The minimum absolute atomic E-state index is 0.00190. The lowest BCUT2D eigenvalue weighted by molar-refractivity contribution is -0.121. The number of nitrogens with one attached hydrogen (secondary N) is 1. The molecule has 3 aromatic heterocycles. The monoisotopic (exact) mass is 664 g/mol. The van der Waals surface area contributed by atoms with Crippen molar-refractivity contribution < 1.29 is 28.6 Å². The lowest BCUT2D eigenvalue weighted by atomic mass is 9.99. The average molecular weight is 665 g/mol. The summed E-state index contributed by atoms with van der Waals surface area (Å²) in [5, 5.41) is 13.8. The summed E-state index contributed by atoms with van der Waals surface area (Å²) in [6.07, 6.45) is 0. The van der Waals surface area contributed by atoms with Gasteiger partial charge in [-0.25, -0.2) is 14.2 Å². The van der Waals surface area contributed by atoms with Crippen LogP contribution in [0.2, 0.25) is 0 Å². The summed E-state index contributed by atoms with van der Waals surface area (Å²) in [7, 11) is 1.54. The summed E-state index contributed by atoms with van der Waals surface area (Å²) in [5.74, 6) is -1.04. The number of pyridine rings is 1. The first kappa shape index (κ1) is 31.5. The number of benzene rings is 3. The Bertz CT molecular complexity index is 2140. The SMILES string of the molecule is COc1ccc(F)c(-c2ccc3cc(-c4c(-c5ccccc5)c5sc(C(=O)O)cc5n4CC(=O)NCCN4CCOCC4)ccc3n2)c1. The standard InChI is InChI=1S/C37H33FN4O5S/c1-46-26-9-10-28(38)27(20-26)30-12-7-24-19-25(8-11-29(24)40-30)35-34(23-5-3-2-4-6-23)36-31(21-32(48-36)37(44)45)42(35)22-33(43)39-13-14-41-15-17-47-18-16-41/h2-12,19-21H,13-18,22H2,1H3,(H,39,43)(H,44,45). The van der Waals surface area contributed by atoms with E-state index < -0.39 is 11.8 Å². The lowest BCUT2D eigenvalue weighted by Gasteiger charge is -2.26. The summed E-state index contributed by atoms with van der Waals surface area (Å²) >= 11 is 1.20. The number of amides is 1. The number of ether oxygens (including phenoxy) is 2. The van der Waals surface area contributed by atoms with Crippen molar-refractivity contribution in [1.82, 2.24) is 19.8 Å². The molecule has 0 unspecified atom stereocenters. The fourth-order valence-corrected chi connectivity index (χ4v) is 7.26. The summed E-state index contributed by atoms with van der Waals surface area (Å²) in [5.41, 5.74) is 5.57. The number of morpholine rings is 1. The van der Waals surface area contributed by atoms with Crippen molar-refractivity contribution in [3.63, 3.8) is 0 Å². The second-order valence-corrected chi connectivity index (χ2v) is 12.6. The molecule has 1 fully saturated rings. The molecule has 48 heavy (non-hydrogen) atoms. The maximum Gasteiger partial charge on any atom is 0.345 e. The molecule has 3 aromatic carbocycles. The maximum absolute atomic E-state index is 14.8. The van der Waals surface area contributed by atoms with Gasteiger partial charge in [-0.15, -0.1) is 11.3 Å². The quantitative estimate of drug-likeness (QED) is 0.171. The molecule has 0 aliphatic carbocycles. The van der Waals surface area contributed by atoms with Crippen molar-refractivity contribution in [3.05, 3.63) is 95.6 Å². The molecule has 0 atom stereocenters. The molecule has 0 bridgehead atoms. The van der Waals surface area contributed by atoms with Gasteiger partial charge in [0.15, 0.2) is 0 Å². The number of fused-ring (bicyclic) bond motifs is 2. The molecular formula is C37H33FN4O5S. The smallest absolute Gasteiger partial charge is 0.345 e. The summed E-state index contributed by atoms with van der Waals surface area (Å²) < 4.78 is 28.2. The number of carboxylic acid groups (broad SMARTS) is 1. The van der Waals surface area contributed by atoms with Crippen LogP contribution in [-0.4, -0.2) is 77.9 Å². The molecule has 0 spiro atoms. The topological polar surface area (TPSA) is 106 Å². The number of hydrogen-bond acceptors (Lipinski definition) is 7. The van der Waals surface area contributed by atoms with E-state index in [0.717, 1.165) is 52.1 Å². The average Bonchev–Trinajstić information content (AvgIpc) is 3.67. The van der Waals surface area contributed by atoms with E-state index >= 15 is 0 Å². The van der Waals surface area contributed by atoms with Crippen molar-refractivity contribution in [3.8, 4) is 39.4 Å². The third-order valence-electron chi connectivity index (χ3n) is 8.58. The van der Waals surface area contributed by atoms with Crippen LogP contribution in [0, 0.1) is 5.82 Å².